The van der Waals surface area contributed by atoms with Gasteiger partial charge in [-0.15, -0.1) is 0 Å². The van der Waals surface area contributed by atoms with E-state index in [2.05, 4.69) is 23.9 Å². The van der Waals surface area contributed by atoms with Crippen molar-refractivity contribution in [3.8, 4) is 0 Å². The molecule has 94 valence electrons. The van der Waals surface area contributed by atoms with E-state index < -0.39 is 10.0 Å². The van der Waals surface area contributed by atoms with Gasteiger partial charge in [-0.2, -0.15) is 0 Å². The largest absolute Gasteiger partial charge is 0.315 e. The molecule has 0 spiro atoms. The van der Waals surface area contributed by atoms with Crippen LogP contribution in [0.5, 0.6) is 0 Å². The summed E-state index contributed by atoms with van der Waals surface area (Å²) in [5.74, 6) is 1.10. The Morgan fingerprint density at radius 2 is 1.94 bits per heavy atom. The monoisotopic (exact) mass is 246 g/mol. The lowest BCUT2D eigenvalue weighted by Crippen LogP contribution is -2.43. The molecule has 5 heteroatoms. The molecule has 1 aliphatic carbocycles. The van der Waals surface area contributed by atoms with Crippen molar-refractivity contribution in [1.29, 1.82) is 0 Å². The Labute approximate surface area is 98.2 Å². The van der Waals surface area contributed by atoms with Crippen LogP contribution in [0, 0.1) is 11.8 Å². The van der Waals surface area contributed by atoms with Gasteiger partial charge in [-0.3, -0.25) is 0 Å². The normalized spacial score (nSPS) is 40.4. The Balaban J connectivity index is 1.98. The number of hydrogen-bond acceptors (Lipinski definition) is 3. The van der Waals surface area contributed by atoms with E-state index >= 15 is 0 Å². The molecule has 2 N–H and O–H groups in total. The molecule has 4 unspecified atom stereocenters. The molecule has 0 bridgehead atoms. The predicted octanol–water partition coefficient (Wildman–Crippen LogP) is 0.702. The topological polar surface area (TPSA) is 58.2 Å². The van der Waals surface area contributed by atoms with Crippen molar-refractivity contribution in [2.45, 2.75) is 44.4 Å². The van der Waals surface area contributed by atoms with Crippen LogP contribution in [0.3, 0.4) is 0 Å². The molecule has 0 aromatic rings. The summed E-state index contributed by atoms with van der Waals surface area (Å²) in [4.78, 5) is 0. The minimum atomic E-state index is -3.11. The highest BCUT2D eigenvalue weighted by Gasteiger charge is 2.36. The number of nitrogens with one attached hydrogen (secondary N) is 2. The van der Waals surface area contributed by atoms with Gasteiger partial charge in [-0.25, -0.2) is 13.1 Å². The van der Waals surface area contributed by atoms with Gasteiger partial charge in [0.25, 0.3) is 0 Å². The van der Waals surface area contributed by atoms with Crippen LogP contribution in [0.1, 0.15) is 33.1 Å². The second kappa shape index (κ2) is 4.63. The standard InChI is InChI=1S/C11H22N2O2S/c1-8-3-4-11(9(8)2)13-16(14,15)10-5-6-12-7-10/h8-13H,3-7H2,1-2H3. The van der Waals surface area contributed by atoms with Crippen molar-refractivity contribution in [3.05, 3.63) is 0 Å². The Hall–Kier alpha value is -0.130. The summed E-state index contributed by atoms with van der Waals surface area (Å²) in [6.45, 7) is 5.78. The Kier molecular flexibility index (Phi) is 3.56. The zero-order valence-electron chi connectivity index (χ0n) is 10.1. The van der Waals surface area contributed by atoms with E-state index in [9.17, 15) is 8.42 Å². The highest BCUT2D eigenvalue weighted by atomic mass is 32.2. The van der Waals surface area contributed by atoms with Crippen molar-refractivity contribution < 1.29 is 8.42 Å². The Morgan fingerprint density at radius 1 is 1.19 bits per heavy atom. The van der Waals surface area contributed by atoms with Crippen LogP contribution >= 0.6 is 0 Å². The fourth-order valence-electron chi connectivity index (χ4n) is 2.73. The minimum Gasteiger partial charge on any atom is -0.315 e. The van der Waals surface area contributed by atoms with Crippen molar-refractivity contribution in [3.63, 3.8) is 0 Å². The molecule has 0 aromatic heterocycles. The first-order valence-electron chi connectivity index (χ1n) is 6.22. The Bertz CT molecular complexity index is 336. The average Bonchev–Trinajstić information content (AvgIpc) is 2.83. The molecule has 4 nitrogen and oxygen atoms in total. The minimum absolute atomic E-state index is 0.153. The van der Waals surface area contributed by atoms with Gasteiger partial charge in [0.1, 0.15) is 0 Å². The summed E-state index contributed by atoms with van der Waals surface area (Å²) in [6, 6.07) is 0.153. The lowest BCUT2D eigenvalue weighted by molar-refractivity contribution is 0.401. The van der Waals surface area contributed by atoms with E-state index in [0.717, 1.165) is 25.8 Å². The van der Waals surface area contributed by atoms with Gasteiger partial charge in [-0.05, 0) is 37.6 Å². The molecule has 2 fully saturated rings. The predicted molar refractivity (Wildman–Crippen MR) is 64.7 cm³/mol. The quantitative estimate of drug-likeness (QED) is 0.771. The molecule has 4 atom stereocenters. The van der Waals surface area contributed by atoms with Crippen LogP contribution in [0.2, 0.25) is 0 Å². The van der Waals surface area contributed by atoms with Crippen LogP contribution in [-0.4, -0.2) is 32.8 Å². The lowest BCUT2D eigenvalue weighted by atomic mass is 9.98. The highest BCUT2D eigenvalue weighted by molar-refractivity contribution is 7.90. The van der Waals surface area contributed by atoms with Gasteiger partial charge in [0.15, 0.2) is 0 Å². The SMILES string of the molecule is CC1CCC(NS(=O)(=O)C2CCNC2)C1C. The Morgan fingerprint density at radius 3 is 2.44 bits per heavy atom. The second-order valence-corrected chi connectivity index (χ2v) is 7.29. The summed E-state index contributed by atoms with van der Waals surface area (Å²) in [6.07, 6.45) is 2.87. The van der Waals surface area contributed by atoms with E-state index in [4.69, 9.17) is 0 Å². The van der Waals surface area contributed by atoms with Gasteiger partial charge in [0, 0.05) is 12.6 Å². The second-order valence-electron chi connectivity index (χ2n) is 5.30. The molecule has 1 saturated heterocycles. The summed E-state index contributed by atoms with van der Waals surface area (Å²) >= 11 is 0. The van der Waals surface area contributed by atoms with Gasteiger partial charge in [-0.1, -0.05) is 13.8 Å². The lowest BCUT2D eigenvalue weighted by Gasteiger charge is -2.21. The molecule has 0 aromatic carbocycles. The van der Waals surface area contributed by atoms with E-state index in [1.54, 1.807) is 0 Å². The summed E-state index contributed by atoms with van der Waals surface area (Å²) < 4.78 is 27.1. The van der Waals surface area contributed by atoms with Gasteiger partial charge in [0.05, 0.1) is 5.25 Å². The molecule has 0 amide bonds. The van der Waals surface area contributed by atoms with Crippen LogP contribution in [0.15, 0.2) is 0 Å². The molecule has 0 radical (unpaired) electrons. The van der Waals surface area contributed by atoms with Crippen molar-refractivity contribution >= 4 is 10.0 Å². The van der Waals surface area contributed by atoms with Gasteiger partial charge >= 0.3 is 0 Å². The van der Waals surface area contributed by atoms with Crippen LogP contribution in [0.25, 0.3) is 0 Å². The van der Waals surface area contributed by atoms with Crippen molar-refractivity contribution in [2.24, 2.45) is 11.8 Å². The fraction of sp³-hybridized carbons (Fsp3) is 1.00. The molecule has 2 rings (SSSR count). The smallest absolute Gasteiger partial charge is 0.216 e. The third-order valence-electron chi connectivity index (χ3n) is 4.23. The summed E-state index contributed by atoms with van der Waals surface area (Å²) in [5, 5.41) is 2.88. The summed E-state index contributed by atoms with van der Waals surface area (Å²) in [7, 11) is -3.11. The maximum atomic E-state index is 12.1. The fourth-order valence-corrected chi connectivity index (χ4v) is 4.44. The molecule has 1 aliphatic heterocycles. The van der Waals surface area contributed by atoms with E-state index in [0.29, 0.717) is 18.4 Å². The van der Waals surface area contributed by atoms with Gasteiger partial charge < -0.3 is 5.32 Å². The highest BCUT2D eigenvalue weighted by Crippen LogP contribution is 2.31. The number of rotatable bonds is 3. The zero-order valence-corrected chi connectivity index (χ0v) is 10.9. The van der Waals surface area contributed by atoms with E-state index in [1.807, 2.05) is 0 Å². The molecule has 1 saturated carbocycles. The average molecular weight is 246 g/mol. The van der Waals surface area contributed by atoms with Crippen molar-refractivity contribution in [2.75, 3.05) is 13.1 Å². The first-order valence-corrected chi connectivity index (χ1v) is 7.77. The maximum absolute atomic E-state index is 12.1. The first kappa shape index (κ1) is 12.3. The third-order valence-corrected chi connectivity index (χ3v) is 6.15. The molecule has 16 heavy (non-hydrogen) atoms. The molecule has 2 aliphatic rings. The molecular weight excluding hydrogens is 224 g/mol. The van der Waals surface area contributed by atoms with Crippen LogP contribution < -0.4 is 10.0 Å². The van der Waals surface area contributed by atoms with Crippen molar-refractivity contribution in [1.82, 2.24) is 10.0 Å². The zero-order chi connectivity index (χ0) is 11.8. The number of hydrogen-bond donors (Lipinski definition) is 2. The van der Waals surface area contributed by atoms with Gasteiger partial charge in [0.2, 0.25) is 10.0 Å². The van der Waals surface area contributed by atoms with E-state index in [1.165, 1.54) is 0 Å². The van der Waals surface area contributed by atoms with E-state index in [-0.39, 0.29) is 11.3 Å². The maximum Gasteiger partial charge on any atom is 0.216 e. The van der Waals surface area contributed by atoms with Crippen LogP contribution in [0.4, 0.5) is 0 Å². The molecule has 1 heterocycles. The number of sulfonamides is 1. The van der Waals surface area contributed by atoms with Crippen LogP contribution in [-0.2, 0) is 10.0 Å². The summed E-state index contributed by atoms with van der Waals surface area (Å²) in [5.41, 5.74) is 0. The first-order chi connectivity index (χ1) is 7.50. The molecular formula is C11H22N2O2S. The third kappa shape index (κ3) is 2.41.